The number of carbonyl (C=O) groups is 1. The Morgan fingerprint density at radius 2 is 2.29 bits per heavy atom. The lowest BCUT2D eigenvalue weighted by Crippen LogP contribution is -1.84. The van der Waals surface area contributed by atoms with Gasteiger partial charge in [-0.3, -0.25) is 4.79 Å². The van der Waals surface area contributed by atoms with Crippen LogP contribution in [-0.4, -0.2) is 4.69 Å². The standard InChI is InChI=1S/C5H7BrO/c6-5(7)3-4-1-2-4/h4H,1-3H2. The Bertz CT molecular complexity index is 86.1. The lowest BCUT2D eigenvalue weighted by molar-refractivity contribution is -0.110. The van der Waals surface area contributed by atoms with E-state index in [-0.39, 0.29) is 4.69 Å². The molecule has 0 bridgehead atoms. The number of hydrogen-bond acceptors (Lipinski definition) is 1. The van der Waals surface area contributed by atoms with Crippen molar-refractivity contribution in [3.8, 4) is 0 Å². The third kappa shape index (κ3) is 2.07. The third-order valence-electron chi connectivity index (χ3n) is 1.15. The number of rotatable bonds is 2. The highest BCUT2D eigenvalue weighted by Gasteiger charge is 2.22. The second-order valence-corrected chi connectivity index (χ2v) is 2.89. The van der Waals surface area contributed by atoms with Crippen LogP contribution in [0.25, 0.3) is 0 Å². The molecule has 2 heteroatoms. The van der Waals surface area contributed by atoms with E-state index in [1.54, 1.807) is 0 Å². The van der Waals surface area contributed by atoms with Crippen LogP contribution in [-0.2, 0) is 4.79 Å². The summed E-state index contributed by atoms with van der Waals surface area (Å²) in [6.07, 6.45) is 3.27. The van der Waals surface area contributed by atoms with Crippen LogP contribution in [0.5, 0.6) is 0 Å². The molecule has 0 saturated heterocycles. The molecule has 0 unspecified atom stereocenters. The Kier molecular flexibility index (Phi) is 1.47. The monoisotopic (exact) mass is 162 g/mol. The lowest BCUT2D eigenvalue weighted by atomic mass is 10.3. The predicted octanol–water partition coefficient (Wildman–Crippen LogP) is 1.71. The average molecular weight is 163 g/mol. The summed E-state index contributed by atoms with van der Waals surface area (Å²) in [5.74, 6) is 0.729. The molecule has 1 aliphatic rings. The van der Waals surface area contributed by atoms with E-state index in [1.165, 1.54) is 12.8 Å². The maximum Gasteiger partial charge on any atom is 0.198 e. The van der Waals surface area contributed by atoms with Gasteiger partial charge in [0.05, 0.1) is 0 Å². The van der Waals surface area contributed by atoms with E-state index in [9.17, 15) is 4.79 Å². The largest absolute Gasteiger partial charge is 0.287 e. The van der Waals surface area contributed by atoms with Crippen LogP contribution < -0.4 is 0 Å². The fraction of sp³-hybridized carbons (Fsp3) is 0.800. The van der Waals surface area contributed by atoms with Crippen molar-refractivity contribution in [1.29, 1.82) is 0 Å². The van der Waals surface area contributed by atoms with Gasteiger partial charge in [-0.15, -0.1) is 0 Å². The lowest BCUT2D eigenvalue weighted by Gasteiger charge is -1.81. The fourth-order valence-electron chi connectivity index (χ4n) is 0.549. The molecule has 1 saturated carbocycles. The van der Waals surface area contributed by atoms with Gasteiger partial charge in [0, 0.05) is 6.42 Å². The highest BCUT2D eigenvalue weighted by atomic mass is 79.9. The van der Waals surface area contributed by atoms with Crippen molar-refractivity contribution in [2.45, 2.75) is 19.3 Å². The molecule has 0 aromatic carbocycles. The molecule has 0 aromatic rings. The van der Waals surface area contributed by atoms with E-state index in [0.717, 1.165) is 12.3 Å². The summed E-state index contributed by atoms with van der Waals surface area (Å²) < 4.78 is 0.162. The van der Waals surface area contributed by atoms with Gasteiger partial charge < -0.3 is 0 Å². The SMILES string of the molecule is O=C(Br)CC1CC1. The van der Waals surface area contributed by atoms with E-state index < -0.39 is 0 Å². The molecule has 7 heavy (non-hydrogen) atoms. The Balaban J connectivity index is 2.08. The van der Waals surface area contributed by atoms with Gasteiger partial charge in [0.25, 0.3) is 0 Å². The van der Waals surface area contributed by atoms with Crippen molar-refractivity contribution in [2.75, 3.05) is 0 Å². The Hall–Kier alpha value is 0.150. The van der Waals surface area contributed by atoms with Crippen LogP contribution in [0, 0.1) is 5.92 Å². The average Bonchev–Trinajstić information content (AvgIpc) is 2.17. The van der Waals surface area contributed by atoms with Crippen molar-refractivity contribution in [2.24, 2.45) is 5.92 Å². The van der Waals surface area contributed by atoms with Gasteiger partial charge in [-0.25, -0.2) is 0 Å². The molecule has 0 aromatic heterocycles. The van der Waals surface area contributed by atoms with Crippen molar-refractivity contribution < 1.29 is 4.79 Å². The van der Waals surface area contributed by atoms with E-state index >= 15 is 0 Å². The first kappa shape index (κ1) is 5.29. The quantitative estimate of drug-likeness (QED) is 0.566. The molecular weight excluding hydrogens is 156 g/mol. The van der Waals surface area contributed by atoms with Gasteiger partial charge in [-0.05, 0) is 34.7 Å². The summed E-state index contributed by atoms with van der Waals surface area (Å²) in [4.78, 5) is 10.2. The molecule has 1 nitrogen and oxygen atoms in total. The Morgan fingerprint density at radius 1 is 1.71 bits per heavy atom. The van der Waals surface area contributed by atoms with E-state index in [2.05, 4.69) is 15.9 Å². The number of carbonyl (C=O) groups excluding carboxylic acids is 1. The maximum absolute atomic E-state index is 10.2. The highest BCUT2D eigenvalue weighted by molar-refractivity contribution is 9.18. The van der Waals surface area contributed by atoms with Crippen molar-refractivity contribution in [3.05, 3.63) is 0 Å². The molecule has 1 rings (SSSR count). The topological polar surface area (TPSA) is 17.1 Å². The Morgan fingerprint density at radius 3 is 2.43 bits per heavy atom. The number of hydrogen-bond donors (Lipinski definition) is 0. The fourth-order valence-corrected chi connectivity index (χ4v) is 1.01. The van der Waals surface area contributed by atoms with Gasteiger partial charge >= 0.3 is 0 Å². The van der Waals surface area contributed by atoms with E-state index in [4.69, 9.17) is 0 Å². The zero-order chi connectivity index (χ0) is 5.28. The molecule has 40 valence electrons. The summed E-state index contributed by atoms with van der Waals surface area (Å²) >= 11 is 2.88. The van der Waals surface area contributed by atoms with E-state index in [1.807, 2.05) is 0 Å². The molecule has 0 N–H and O–H groups in total. The van der Waals surface area contributed by atoms with Gasteiger partial charge in [0.2, 0.25) is 0 Å². The van der Waals surface area contributed by atoms with Gasteiger partial charge in [-0.1, -0.05) is 0 Å². The first-order chi connectivity index (χ1) is 3.29. The smallest absolute Gasteiger partial charge is 0.198 e. The van der Waals surface area contributed by atoms with Crippen molar-refractivity contribution in [3.63, 3.8) is 0 Å². The normalized spacial score (nSPS) is 19.6. The molecular formula is C5H7BrO. The molecule has 1 fully saturated rings. The second kappa shape index (κ2) is 1.95. The maximum atomic E-state index is 10.2. The Labute approximate surface area is 51.2 Å². The third-order valence-corrected chi connectivity index (χ3v) is 1.47. The van der Waals surface area contributed by atoms with Gasteiger partial charge in [0.1, 0.15) is 0 Å². The van der Waals surface area contributed by atoms with Crippen LogP contribution in [0.3, 0.4) is 0 Å². The van der Waals surface area contributed by atoms with Crippen LogP contribution in [0.2, 0.25) is 0 Å². The van der Waals surface area contributed by atoms with Crippen LogP contribution >= 0.6 is 15.9 Å². The molecule has 0 amide bonds. The summed E-state index contributed by atoms with van der Waals surface area (Å²) in [5.41, 5.74) is 0. The first-order valence-electron chi connectivity index (χ1n) is 2.47. The molecule has 0 heterocycles. The minimum absolute atomic E-state index is 0.162. The predicted molar refractivity (Wildman–Crippen MR) is 31.3 cm³/mol. The minimum atomic E-state index is 0.162. The van der Waals surface area contributed by atoms with Crippen molar-refractivity contribution >= 4 is 20.6 Å². The van der Waals surface area contributed by atoms with Crippen LogP contribution in [0.1, 0.15) is 19.3 Å². The minimum Gasteiger partial charge on any atom is -0.287 e. The molecule has 0 atom stereocenters. The van der Waals surface area contributed by atoms with E-state index in [0.29, 0.717) is 0 Å². The molecule has 0 aliphatic heterocycles. The highest BCUT2D eigenvalue weighted by Crippen LogP contribution is 2.32. The summed E-state index contributed by atoms with van der Waals surface area (Å²) in [7, 11) is 0. The zero-order valence-corrected chi connectivity index (χ0v) is 5.57. The van der Waals surface area contributed by atoms with Crippen LogP contribution in [0.4, 0.5) is 0 Å². The van der Waals surface area contributed by atoms with Gasteiger partial charge in [-0.2, -0.15) is 0 Å². The first-order valence-corrected chi connectivity index (χ1v) is 3.26. The second-order valence-electron chi connectivity index (χ2n) is 2.00. The van der Waals surface area contributed by atoms with Crippen LogP contribution in [0.15, 0.2) is 0 Å². The molecule has 0 radical (unpaired) electrons. The zero-order valence-electron chi connectivity index (χ0n) is 3.98. The summed E-state index contributed by atoms with van der Waals surface area (Å²) in [6.45, 7) is 0. The number of halogens is 1. The molecule has 1 aliphatic carbocycles. The van der Waals surface area contributed by atoms with Gasteiger partial charge in [0.15, 0.2) is 4.69 Å². The summed E-state index contributed by atoms with van der Waals surface area (Å²) in [5, 5.41) is 0. The summed E-state index contributed by atoms with van der Waals surface area (Å²) in [6, 6.07) is 0. The molecule has 0 spiro atoms. The van der Waals surface area contributed by atoms with Crippen molar-refractivity contribution in [1.82, 2.24) is 0 Å².